The Kier molecular flexibility index (Phi) is 21.2. The lowest BCUT2D eigenvalue weighted by Crippen LogP contribution is -2.00. The van der Waals surface area contributed by atoms with E-state index in [2.05, 4.69) is 35.8 Å². The van der Waals surface area contributed by atoms with Crippen molar-refractivity contribution in [2.24, 2.45) is 0 Å². The number of allylic oxidation sites excluding steroid dienone is 4. The third-order valence-electron chi connectivity index (χ3n) is 4.42. The molecule has 0 aliphatic heterocycles. The fourth-order valence-electron chi connectivity index (χ4n) is 2.68. The van der Waals surface area contributed by atoms with Gasteiger partial charge in [0.15, 0.2) is 0 Å². The third kappa shape index (κ3) is 23.3. The average Bonchev–Trinajstić information content (AvgIpc) is 2.74. The number of hydrogen-bond acceptors (Lipinski definition) is 5. The van der Waals surface area contributed by atoms with Gasteiger partial charge in [0.2, 0.25) is 0 Å². The van der Waals surface area contributed by atoms with E-state index >= 15 is 0 Å². The monoisotopic (exact) mass is 458 g/mol. The SMILES string of the molecule is CCCCC/C=C/C/C=C/CCCCCCCC(=O)O/C=C/COP(=O)(O)OCCC. The predicted octanol–water partition coefficient (Wildman–Crippen LogP) is 7.40. The Labute approximate surface area is 189 Å². The lowest BCUT2D eigenvalue weighted by Gasteiger charge is -2.09. The van der Waals surface area contributed by atoms with E-state index in [4.69, 9.17) is 9.26 Å². The van der Waals surface area contributed by atoms with Gasteiger partial charge in [-0.15, -0.1) is 0 Å². The smallest absolute Gasteiger partial charge is 0.435 e. The van der Waals surface area contributed by atoms with Crippen molar-refractivity contribution in [3.8, 4) is 0 Å². The maximum atomic E-state index is 11.6. The summed E-state index contributed by atoms with van der Waals surface area (Å²) >= 11 is 0. The number of unbranched alkanes of at least 4 members (excludes halogenated alkanes) is 8. The highest BCUT2D eigenvalue weighted by Gasteiger charge is 2.19. The maximum Gasteiger partial charge on any atom is 0.472 e. The van der Waals surface area contributed by atoms with Gasteiger partial charge in [0, 0.05) is 6.42 Å². The van der Waals surface area contributed by atoms with Crippen molar-refractivity contribution in [1.29, 1.82) is 0 Å². The quantitative estimate of drug-likeness (QED) is 0.0634. The summed E-state index contributed by atoms with van der Waals surface area (Å²) in [5.41, 5.74) is 0. The Morgan fingerprint density at radius 2 is 1.45 bits per heavy atom. The van der Waals surface area contributed by atoms with Crippen LogP contribution in [0.3, 0.4) is 0 Å². The second-order valence-corrected chi connectivity index (χ2v) is 8.89. The van der Waals surface area contributed by atoms with Crippen LogP contribution in [0.2, 0.25) is 0 Å². The molecule has 0 aromatic rings. The van der Waals surface area contributed by atoms with Crippen molar-refractivity contribution in [2.75, 3.05) is 13.2 Å². The summed E-state index contributed by atoms with van der Waals surface area (Å²) in [4.78, 5) is 20.9. The lowest BCUT2D eigenvalue weighted by molar-refractivity contribution is -0.138. The predicted molar refractivity (Wildman–Crippen MR) is 127 cm³/mol. The number of carbonyl (C=O) groups excluding carboxylic acids is 1. The van der Waals surface area contributed by atoms with Gasteiger partial charge in [-0.05, 0) is 51.0 Å². The molecular weight excluding hydrogens is 415 g/mol. The summed E-state index contributed by atoms with van der Waals surface area (Å²) in [6.07, 6.45) is 25.1. The Morgan fingerprint density at radius 1 is 0.806 bits per heavy atom. The highest BCUT2D eigenvalue weighted by atomic mass is 31.2. The third-order valence-corrected chi connectivity index (χ3v) is 5.40. The molecular formula is C24H43O6P. The molecule has 0 radical (unpaired) electrons. The van der Waals surface area contributed by atoms with E-state index in [1.165, 1.54) is 50.9 Å². The number of phosphoric acid groups is 1. The molecule has 0 bridgehead atoms. The van der Waals surface area contributed by atoms with E-state index < -0.39 is 7.82 Å². The first-order chi connectivity index (χ1) is 15.0. The summed E-state index contributed by atoms with van der Waals surface area (Å²) in [5, 5.41) is 0. The molecule has 0 amide bonds. The van der Waals surface area contributed by atoms with Crippen LogP contribution in [-0.2, 0) is 23.1 Å². The number of hydrogen-bond donors (Lipinski definition) is 1. The van der Waals surface area contributed by atoms with Gasteiger partial charge in [-0.2, -0.15) is 0 Å². The van der Waals surface area contributed by atoms with E-state index in [0.29, 0.717) is 12.8 Å². The topological polar surface area (TPSA) is 82.1 Å². The van der Waals surface area contributed by atoms with Crippen LogP contribution in [0.25, 0.3) is 0 Å². The minimum atomic E-state index is -4.02. The molecule has 31 heavy (non-hydrogen) atoms. The Balaban J connectivity index is 3.50. The van der Waals surface area contributed by atoms with Gasteiger partial charge < -0.3 is 9.63 Å². The number of phosphoric ester groups is 1. The highest BCUT2D eigenvalue weighted by molar-refractivity contribution is 7.47. The molecule has 0 saturated heterocycles. The molecule has 1 unspecified atom stereocenters. The molecule has 0 aliphatic carbocycles. The summed E-state index contributed by atoms with van der Waals surface area (Å²) in [6, 6.07) is 0. The first-order valence-electron chi connectivity index (χ1n) is 11.8. The standard InChI is InChI=1S/C24H43O6P/c1-3-5-6-7-8-9-10-11-12-13-14-15-16-17-18-20-24(25)28-22-19-23-30-31(26,27)29-21-4-2/h8-9,11-12,19,22H,3-7,10,13-18,20-21,23H2,1-2H3,(H,26,27)/b9-8+,12-11+,22-19+. The summed E-state index contributed by atoms with van der Waals surface area (Å²) in [7, 11) is -4.02. The van der Waals surface area contributed by atoms with Gasteiger partial charge in [0.1, 0.15) is 0 Å². The zero-order valence-electron chi connectivity index (χ0n) is 19.5. The number of carbonyl (C=O) groups is 1. The van der Waals surface area contributed by atoms with Crippen molar-refractivity contribution in [3.63, 3.8) is 0 Å². The minimum absolute atomic E-state index is 0.153. The van der Waals surface area contributed by atoms with Gasteiger partial charge in [0.25, 0.3) is 0 Å². The molecule has 1 N–H and O–H groups in total. The fourth-order valence-corrected chi connectivity index (χ4v) is 3.45. The van der Waals surface area contributed by atoms with Crippen LogP contribution in [0, 0.1) is 0 Å². The fraction of sp³-hybridized carbons (Fsp3) is 0.708. The largest absolute Gasteiger partial charge is 0.472 e. The second kappa shape index (κ2) is 22.0. The van der Waals surface area contributed by atoms with Crippen LogP contribution >= 0.6 is 7.82 Å². The van der Waals surface area contributed by atoms with Gasteiger partial charge in [-0.1, -0.05) is 70.3 Å². The first kappa shape index (κ1) is 29.8. The number of ether oxygens (including phenoxy) is 1. The molecule has 0 rings (SSSR count). The molecule has 0 aliphatic rings. The van der Waals surface area contributed by atoms with Crippen molar-refractivity contribution in [2.45, 2.75) is 97.3 Å². The van der Waals surface area contributed by atoms with Crippen LogP contribution in [-0.4, -0.2) is 24.1 Å². The molecule has 1 atom stereocenters. The van der Waals surface area contributed by atoms with Crippen LogP contribution in [0.15, 0.2) is 36.6 Å². The van der Waals surface area contributed by atoms with Crippen molar-refractivity contribution < 1.29 is 28.0 Å². The van der Waals surface area contributed by atoms with Crippen molar-refractivity contribution >= 4 is 13.8 Å². The van der Waals surface area contributed by atoms with Crippen molar-refractivity contribution in [1.82, 2.24) is 0 Å². The van der Waals surface area contributed by atoms with Gasteiger partial charge in [0.05, 0.1) is 19.5 Å². The Hall–Kier alpha value is -1.20. The van der Waals surface area contributed by atoms with Crippen LogP contribution in [0.5, 0.6) is 0 Å². The molecule has 0 fully saturated rings. The van der Waals surface area contributed by atoms with Gasteiger partial charge >= 0.3 is 13.8 Å². The maximum absolute atomic E-state index is 11.6. The van der Waals surface area contributed by atoms with E-state index in [-0.39, 0.29) is 19.2 Å². The van der Waals surface area contributed by atoms with Crippen LogP contribution < -0.4 is 0 Å². The molecule has 0 aromatic carbocycles. The van der Waals surface area contributed by atoms with E-state index in [0.717, 1.165) is 32.1 Å². The molecule has 0 saturated carbocycles. The molecule has 7 heteroatoms. The zero-order chi connectivity index (χ0) is 23.0. The van der Waals surface area contributed by atoms with Crippen LogP contribution in [0.1, 0.15) is 97.3 Å². The molecule has 0 heterocycles. The minimum Gasteiger partial charge on any atom is -0.435 e. The van der Waals surface area contributed by atoms with Crippen LogP contribution in [0.4, 0.5) is 0 Å². The van der Waals surface area contributed by atoms with Gasteiger partial charge in [-0.3, -0.25) is 13.8 Å². The zero-order valence-corrected chi connectivity index (χ0v) is 20.4. The summed E-state index contributed by atoms with van der Waals surface area (Å²) in [6.45, 7) is 4.05. The number of rotatable bonds is 21. The Bertz CT molecular complexity index is 556. The number of esters is 1. The van der Waals surface area contributed by atoms with E-state index in [1.807, 2.05) is 6.92 Å². The van der Waals surface area contributed by atoms with Crippen molar-refractivity contribution in [3.05, 3.63) is 36.6 Å². The van der Waals surface area contributed by atoms with Gasteiger partial charge in [-0.25, -0.2) is 4.57 Å². The molecule has 6 nitrogen and oxygen atoms in total. The summed E-state index contributed by atoms with van der Waals surface area (Å²) < 4.78 is 25.7. The molecule has 0 aromatic heterocycles. The summed E-state index contributed by atoms with van der Waals surface area (Å²) in [5.74, 6) is -0.309. The lowest BCUT2D eigenvalue weighted by atomic mass is 10.1. The van der Waals surface area contributed by atoms with E-state index in [9.17, 15) is 14.3 Å². The molecule has 0 spiro atoms. The highest BCUT2D eigenvalue weighted by Crippen LogP contribution is 2.42. The second-order valence-electron chi connectivity index (χ2n) is 7.44. The molecule has 180 valence electrons. The van der Waals surface area contributed by atoms with E-state index in [1.54, 1.807) is 0 Å². The Morgan fingerprint density at radius 3 is 2.13 bits per heavy atom. The average molecular weight is 459 g/mol. The first-order valence-corrected chi connectivity index (χ1v) is 13.3. The normalized spacial score (nSPS) is 14.0.